The first-order chi connectivity index (χ1) is 16.9. The SMILES string of the molecule is CCOC(=O)C1CCCN(c2nc(-c3ccc(Cl)cc3)c3c(N)n(-c4cccc(F)c4)nc3n2)C1. The van der Waals surface area contributed by atoms with Crippen molar-refractivity contribution in [3.63, 3.8) is 0 Å². The lowest BCUT2D eigenvalue weighted by Gasteiger charge is -2.31. The van der Waals surface area contributed by atoms with Gasteiger partial charge in [-0.05, 0) is 50.1 Å². The molecule has 5 rings (SSSR count). The van der Waals surface area contributed by atoms with Crippen LogP contribution in [0.2, 0.25) is 5.02 Å². The molecule has 4 aromatic rings. The summed E-state index contributed by atoms with van der Waals surface area (Å²) in [5.41, 5.74) is 8.73. The average molecular weight is 495 g/mol. The molecule has 0 spiro atoms. The minimum absolute atomic E-state index is 0.212. The molecule has 2 aromatic heterocycles. The Hall–Kier alpha value is -3.72. The zero-order valence-electron chi connectivity index (χ0n) is 19.1. The second-order valence-corrected chi connectivity index (χ2v) is 8.83. The maximum Gasteiger partial charge on any atom is 0.310 e. The summed E-state index contributed by atoms with van der Waals surface area (Å²) in [5.74, 6) is -0.123. The molecule has 2 N–H and O–H groups in total. The predicted molar refractivity (Wildman–Crippen MR) is 133 cm³/mol. The van der Waals surface area contributed by atoms with Crippen LogP contribution in [-0.2, 0) is 9.53 Å². The van der Waals surface area contributed by atoms with Crippen LogP contribution in [-0.4, -0.2) is 45.4 Å². The molecule has 1 aliphatic heterocycles. The van der Waals surface area contributed by atoms with E-state index >= 15 is 0 Å². The molecule has 8 nitrogen and oxygen atoms in total. The fourth-order valence-corrected chi connectivity index (χ4v) is 4.50. The van der Waals surface area contributed by atoms with Gasteiger partial charge in [0.15, 0.2) is 5.65 Å². The van der Waals surface area contributed by atoms with Crippen molar-refractivity contribution >= 4 is 40.4 Å². The van der Waals surface area contributed by atoms with E-state index in [4.69, 9.17) is 32.0 Å². The fourth-order valence-electron chi connectivity index (χ4n) is 4.37. The van der Waals surface area contributed by atoms with Crippen molar-refractivity contribution in [3.8, 4) is 16.9 Å². The summed E-state index contributed by atoms with van der Waals surface area (Å²) < 4.78 is 20.6. The third kappa shape index (κ3) is 4.51. The van der Waals surface area contributed by atoms with Crippen LogP contribution in [0.25, 0.3) is 28.0 Å². The number of halogens is 2. The smallest absolute Gasteiger partial charge is 0.310 e. The Morgan fingerprint density at radius 3 is 2.77 bits per heavy atom. The van der Waals surface area contributed by atoms with Crippen molar-refractivity contribution in [2.45, 2.75) is 19.8 Å². The number of ether oxygens (including phenoxy) is 1. The van der Waals surface area contributed by atoms with Crippen LogP contribution in [0.15, 0.2) is 48.5 Å². The standard InChI is InChI=1S/C25H24ClFN6O2/c1-2-35-24(34)16-5-4-12-32(14-16)25-29-21(15-8-10-17(26)11-9-15)20-22(28)33(31-23(20)30-25)19-7-3-6-18(27)13-19/h3,6-11,13,16H,2,4-5,12,14,28H2,1H3. The number of rotatable bonds is 5. The number of carbonyl (C=O) groups is 1. The zero-order chi connectivity index (χ0) is 24.5. The predicted octanol–water partition coefficient (Wildman–Crippen LogP) is 4.64. The number of esters is 1. The molecule has 0 radical (unpaired) electrons. The monoisotopic (exact) mass is 494 g/mol. The Morgan fingerprint density at radius 1 is 1.23 bits per heavy atom. The molecule has 1 aliphatic rings. The molecule has 35 heavy (non-hydrogen) atoms. The summed E-state index contributed by atoms with van der Waals surface area (Å²) in [7, 11) is 0. The highest BCUT2D eigenvalue weighted by Crippen LogP contribution is 2.35. The van der Waals surface area contributed by atoms with Gasteiger partial charge in [-0.25, -0.2) is 14.1 Å². The number of hydrogen-bond donors (Lipinski definition) is 1. The first-order valence-corrected chi connectivity index (χ1v) is 11.8. The van der Waals surface area contributed by atoms with E-state index in [2.05, 4.69) is 5.10 Å². The lowest BCUT2D eigenvalue weighted by atomic mass is 9.98. The van der Waals surface area contributed by atoms with Gasteiger partial charge in [0.1, 0.15) is 11.6 Å². The van der Waals surface area contributed by atoms with E-state index in [1.807, 2.05) is 17.0 Å². The lowest BCUT2D eigenvalue weighted by Crippen LogP contribution is -2.40. The maximum absolute atomic E-state index is 13.9. The highest BCUT2D eigenvalue weighted by atomic mass is 35.5. The van der Waals surface area contributed by atoms with E-state index in [9.17, 15) is 9.18 Å². The van der Waals surface area contributed by atoms with Crippen molar-refractivity contribution in [1.82, 2.24) is 19.7 Å². The molecule has 1 fully saturated rings. The van der Waals surface area contributed by atoms with Gasteiger partial charge in [-0.15, -0.1) is 5.10 Å². The van der Waals surface area contributed by atoms with Gasteiger partial charge in [0, 0.05) is 23.7 Å². The van der Waals surface area contributed by atoms with Crippen LogP contribution in [0.3, 0.4) is 0 Å². The number of nitrogens with two attached hydrogens (primary N) is 1. The number of piperidine rings is 1. The molecule has 2 aromatic carbocycles. The van der Waals surface area contributed by atoms with Crippen LogP contribution >= 0.6 is 11.6 Å². The number of nitrogens with zero attached hydrogens (tertiary/aromatic N) is 5. The van der Waals surface area contributed by atoms with Gasteiger partial charge >= 0.3 is 5.97 Å². The number of anilines is 2. The normalized spacial score (nSPS) is 16.0. The Labute approximate surface area is 206 Å². The first kappa shape index (κ1) is 23.0. The molecule has 180 valence electrons. The molecule has 3 heterocycles. The third-order valence-corrected chi connectivity index (χ3v) is 6.30. The summed E-state index contributed by atoms with van der Waals surface area (Å²) in [5, 5.41) is 5.74. The Kier molecular flexibility index (Phi) is 6.25. The van der Waals surface area contributed by atoms with Crippen molar-refractivity contribution in [1.29, 1.82) is 0 Å². The number of aromatic nitrogens is 4. The third-order valence-electron chi connectivity index (χ3n) is 6.05. The van der Waals surface area contributed by atoms with E-state index < -0.39 is 5.82 Å². The summed E-state index contributed by atoms with van der Waals surface area (Å²) in [6, 6.07) is 13.3. The molecule has 1 saturated heterocycles. The fraction of sp³-hybridized carbons (Fsp3) is 0.280. The average Bonchev–Trinajstić information content (AvgIpc) is 3.20. The van der Waals surface area contributed by atoms with E-state index in [0.717, 1.165) is 18.4 Å². The number of hydrogen-bond acceptors (Lipinski definition) is 7. The first-order valence-electron chi connectivity index (χ1n) is 11.4. The summed E-state index contributed by atoms with van der Waals surface area (Å²) in [4.78, 5) is 23.9. The van der Waals surface area contributed by atoms with Gasteiger partial charge in [0.05, 0.1) is 29.3 Å². The largest absolute Gasteiger partial charge is 0.466 e. The number of nitrogen functional groups attached to an aromatic ring is 1. The topological polar surface area (TPSA) is 99.2 Å². The Bertz CT molecular complexity index is 1390. The molecule has 0 bridgehead atoms. The van der Waals surface area contributed by atoms with Crippen LogP contribution in [0.5, 0.6) is 0 Å². The van der Waals surface area contributed by atoms with E-state index in [-0.39, 0.29) is 11.9 Å². The zero-order valence-corrected chi connectivity index (χ0v) is 19.9. The number of benzene rings is 2. The lowest BCUT2D eigenvalue weighted by molar-refractivity contribution is -0.148. The Morgan fingerprint density at radius 2 is 2.03 bits per heavy atom. The Balaban J connectivity index is 1.64. The van der Waals surface area contributed by atoms with Crippen LogP contribution < -0.4 is 10.6 Å². The van der Waals surface area contributed by atoms with Crippen LogP contribution in [0.4, 0.5) is 16.2 Å². The van der Waals surface area contributed by atoms with Crippen LogP contribution in [0.1, 0.15) is 19.8 Å². The van der Waals surface area contributed by atoms with E-state index in [1.165, 1.54) is 16.8 Å². The molecule has 0 saturated carbocycles. The minimum Gasteiger partial charge on any atom is -0.466 e. The molecule has 0 amide bonds. The van der Waals surface area contributed by atoms with Crippen molar-refractivity contribution in [3.05, 3.63) is 59.4 Å². The van der Waals surface area contributed by atoms with Crippen molar-refractivity contribution < 1.29 is 13.9 Å². The van der Waals surface area contributed by atoms with Crippen LogP contribution in [0, 0.1) is 11.7 Å². The minimum atomic E-state index is -0.399. The molecule has 1 unspecified atom stereocenters. The van der Waals surface area contributed by atoms with Gasteiger partial charge < -0.3 is 15.4 Å². The van der Waals surface area contributed by atoms with Gasteiger partial charge in [-0.3, -0.25) is 4.79 Å². The van der Waals surface area contributed by atoms with Crippen molar-refractivity contribution in [2.24, 2.45) is 5.92 Å². The summed E-state index contributed by atoms with van der Waals surface area (Å²) in [6.07, 6.45) is 1.56. The molecule has 0 aliphatic carbocycles. The highest BCUT2D eigenvalue weighted by Gasteiger charge is 2.29. The van der Waals surface area contributed by atoms with Gasteiger partial charge in [-0.1, -0.05) is 29.8 Å². The maximum atomic E-state index is 13.9. The number of fused-ring (bicyclic) bond motifs is 1. The second-order valence-electron chi connectivity index (χ2n) is 8.39. The van der Waals surface area contributed by atoms with E-state index in [0.29, 0.717) is 58.9 Å². The highest BCUT2D eigenvalue weighted by molar-refractivity contribution is 6.30. The quantitative estimate of drug-likeness (QED) is 0.403. The van der Waals surface area contributed by atoms with Gasteiger partial charge in [-0.2, -0.15) is 4.98 Å². The second kappa shape index (κ2) is 9.50. The molecular formula is C25H24ClFN6O2. The molecular weight excluding hydrogens is 471 g/mol. The van der Waals surface area contributed by atoms with Gasteiger partial charge in [0.2, 0.25) is 5.95 Å². The van der Waals surface area contributed by atoms with E-state index in [1.54, 1.807) is 31.2 Å². The van der Waals surface area contributed by atoms with Crippen molar-refractivity contribution in [2.75, 3.05) is 30.3 Å². The number of carbonyl (C=O) groups excluding carboxylic acids is 1. The van der Waals surface area contributed by atoms with Gasteiger partial charge in [0.25, 0.3) is 0 Å². The summed E-state index contributed by atoms with van der Waals surface area (Å²) >= 11 is 6.11. The summed E-state index contributed by atoms with van der Waals surface area (Å²) in [6.45, 7) is 3.29. The molecule has 10 heteroatoms. The molecule has 1 atom stereocenters.